The molecule has 202 valence electrons. The molecule has 2 aliphatic heterocycles. The fourth-order valence-electron chi connectivity index (χ4n) is 5.11. The Labute approximate surface area is 216 Å². The number of aliphatic carboxylic acids is 1. The molecule has 1 saturated heterocycles. The first-order valence-electron chi connectivity index (χ1n) is 12.0. The number of rotatable bonds is 7. The van der Waals surface area contributed by atoms with Gasteiger partial charge in [-0.3, -0.25) is 4.98 Å². The monoisotopic (exact) mass is 528 g/mol. The minimum atomic E-state index is -1.66. The van der Waals surface area contributed by atoms with E-state index in [1.165, 1.54) is 6.08 Å². The van der Waals surface area contributed by atoms with Gasteiger partial charge < -0.3 is 49.8 Å². The van der Waals surface area contributed by atoms with Crippen molar-refractivity contribution in [1.82, 2.24) is 9.97 Å². The zero-order valence-electron chi connectivity index (χ0n) is 20.0. The van der Waals surface area contributed by atoms with Gasteiger partial charge in [-0.25, -0.2) is 4.79 Å². The van der Waals surface area contributed by atoms with Crippen molar-refractivity contribution in [2.75, 3.05) is 6.61 Å². The molecule has 0 saturated carbocycles. The van der Waals surface area contributed by atoms with Gasteiger partial charge in [0.2, 0.25) is 6.29 Å². The van der Waals surface area contributed by atoms with E-state index in [1.54, 1.807) is 30.5 Å². The number of nitrogens with zero attached hydrogens (tertiary/aromatic N) is 1. The number of carboxylic acid groups (broad SMARTS) is 1. The van der Waals surface area contributed by atoms with Crippen LogP contribution in [-0.2, 0) is 25.4 Å². The number of aliphatic hydroxyl groups excluding tert-OH is 4. The van der Waals surface area contributed by atoms with Crippen LogP contribution in [-0.4, -0.2) is 90.2 Å². The summed E-state index contributed by atoms with van der Waals surface area (Å²) in [6.07, 6.45) is -4.45. The molecule has 0 spiro atoms. The first kappa shape index (κ1) is 26.1. The number of benzene rings is 1. The fourth-order valence-corrected chi connectivity index (χ4v) is 5.11. The Morgan fingerprint density at radius 3 is 2.63 bits per heavy atom. The summed E-state index contributed by atoms with van der Waals surface area (Å²) in [6.45, 7) is 3.19. The van der Waals surface area contributed by atoms with Gasteiger partial charge in [-0.15, -0.1) is 6.58 Å². The van der Waals surface area contributed by atoms with Crippen LogP contribution in [0.1, 0.15) is 5.69 Å². The van der Waals surface area contributed by atoms with Crippen molar-refractivity contribution >= 4 is 27.8 Å². The number of nitrogens with one attached hydrogen (secondary N) is 1. The lowest BCUT2D eigenvalue weighted by Crippen LogP contribution is -2.60. The Morgan fingerprint density at radius 2 is 1.92 bits per heavy atom. The van der Waals surface area contributed by atoms with Crippen molar-refractivity contribution in [3.63, 3.8) is 0 Å². The van der Waals surface area contributed by atoms with E-state index in [1.807, 2.05) is 0 Å². The van der Waals surface area contributed by atoms with Crippen LogP contribution in [0.2, 0.25) is 0 Å². The maximum atomic E-state index is 12.1. The van der Waals surface area contributed by atoms with Crippen LogP contribution in [0.5, 0.6) is 5.75 Å². The zero-order chi connectivity index (χ0) is 27.1. The standard InChI is InChI=1S/C26H28N2O10/c1-2-12-14(8-18-20-13(5-6-27-18)15-7-11(30)3-4-17(15)28-20)16(24(34)35)10-36-25(12)38-26-23(33)22(32)21(31)19(9-29)37-26/h2-7,10,12,14,19,21-23,25-26,28-33H,1,8-9H2,(H,34,35)/t12-,14+,19-,21-,22+,23-,25+,26+/m1/s1. The second-order valence-electron chi connectivity index (χ2n) is 9.37. The minimum Gasteiger partial charge on any atom is -0.508 e. The molecule has 4 heterocycles. The fraction of sp³-hybridized carbons (Fsp3) is 0.385. The normalized spacial score (nSPS) is 31.6. The first-order valence-corrected chi connectivity index (χ1v) is 12.0. The highest BCUT2D eigenvalue weighted by molar-refractivity contribution is 6.08. The third-order valence-electron chi connectivity index (χ3n) is 7.14. The molecule has 1 fully saturated rings. The predicted octanol–water partition coefficient (Wildman–Crippen LogP) is 0.524. The van der Waals surface area contributed by atoms with Crippen LogP contribution in [0.25, 0.3) is 21.8 Å². The van der Waals surface area contributed by atoms with Crippen LogP contribution in [0.4, 0.5) is 0 Å². The number of aromatic amines is 1. The molecule has 38 heavy (non-hydrogen) atoms. The molecule has 0 aliphatic carbocycles. The van der Waals surface area contributed by atoms with Crippen molar-refractivity contribution in [1.29, 1.82) is 0 Å². The van der Waals surface area contributed by atoms with E-state index in [2.05, 4.69) is 16.5 Å². The summed E-state index contributed by atoms with van der Waals surface area (Å²) in [6, 6.07) is 6.72. The number of phenols is 1. The molecular formula is C26H28N2O10. The molecule has 8 atom stereocenters. The lowest BCUT2D eigenvalue weighted by molar-refractivity contribution is -0.339. The zero-order valence-corrected chi connectivity index (χ0v) is 20.0. The van der Waals surface area contributed by atoms with Gasteiger partial charge in [0, 0.05) is 34.3 Å². The summed E-state index contributed by atoms with van der Waals surface area (Å²) < 4.78 is 16.8. The number of aliphatic hydroxyl groups is 4. The lowest BCUT2D eigenvalue weighted by Gasteiger charge is -2.43. The highest BCUT2D eigenvalue weighted by Gasteiger charge is 2.47. The number of fused-ring (bicyclic) bond motifs is 3. The van der Waals surface area contributed by atoms with Gasteiger partial charge >= 0.3 is 5.97 Å². The molecular weight excluding hydrogens is 500 g/mol. The Hall–Kier alpha value is -3.52. The van der Waals surface area contributed by atoms with E-state index in [0.29, 0.717) is 11.2 Å². The summed E-state index contributed by atoms with van der Waals surface area (Å²) in [5, 5.41) is 61.4. The first-order chi connectivity index (χ1) is 18.2. The average molecular weight is 529 g/mol. The number of hydrogen-bond donors (Lipinski definition) is 7. The van der Waals surface area contributed by atoms with Gasteiger partial charge in [0.1, 0.15) is 30.2 Å². The van der Waals surface area contributed by atoms with Crippen molar-refractivity contribution in [3.05, 3.63) is 60.6 Å². The van der Waals surface area contributed by atoms with E-state index in [9.17, 15) is 35.4 Å². The van der Waals surface area contributed by atoms with Crippen molar-refractivity contribution in [2.45, 2.75) is 43.4 Å². The number of carbonyl (C=O) groups is 1. The number of aromatic nitrogens is 2. The maximum absolute atomic E-state index is 12.1. The van der Waals surface area contributed by atoms with Crippen molar-refractivity contribution in [2.24, 2.45) is 11.8 Å². The van der Waals surface area contributed by atoms with Crippen LogP contribution in [0, 0.1) is 11.8 Å². The molecule has 7 N–H and O–H groups in total. The van der Waals surface area contributed by atoms with E-state index in [0.717, 1.165) is 22.6 Å². The average Bonchev–Trinajstić information content (AvgIpc) is 3.27. The summed E-state index contributed by atoms with van der Waals surface area (Å²) >= 11 is 0. The third kappa shape index (κ3) is 4.51. The van der Waals surface area contributed by atoms with Crippen molar-refractivity contribution < 1.29 is 49.6 Å². The van der Waals surface area contributed by atoms with E-state index >= 15 is 0 Å². The van der Waals surface area contributed by atoms with Crippen LogP contribution < -0.4 is 0 Å². The Kier molecular flexibility index (Phi) is 7.09. The highest BCUT2D eigenvalue weighted by Crippen LogP contribution is 2.38. The number of phenolic OH excluding ortho intramolecular Hbond substituents is 1. The molecule has 0 amide bonds. The van der Waals surface area contributed by atoms with E-state index in [4.69, 9.17) is 14.2 Å². The van der Waals surface area contributed by atoms with Crippen LogP contribution >= 0.6 is 0 Å². The number of carboxylic acids is 1. The van der Waals surface area contributed by atoms with Gasteiger partial charge in [0.05, 0.1) is 29.7 Å². The van der Waals surface area contributed by atoms with Gasteiger partial charge in [0.15, 0.2) is 6.29 Å². The molecule has 2 aliphatic rings. The molecule has 12 heteroatoms. The van der Waals surface area contributed by atoms with Gasteiger partial charge in [-0.1, -0.05) is 6.08 Å². The molecule has 1 aromatic carbocycles. The van der Waals surface area contributed by atoms with E-state index < -0.39 is 61.4 Å². The van der Waals surface area contributed by atoms with Gasteiger partial charge in [0.25, 0.3) is 0 Å². The molecule has 2 aromatic heterocycles. The maximum Gasteiger partial charge on any atom is 0.335 e. The van der Waals surface area contributed by atoms with E-state index in [-0.39, 0.29) is 17.7 Å². The highest BCUT2D eigenvalue weighted by atomic mass is 16.8. The molecule has 0 radical (unpaired) electrons. The van der Waals surface area contributed by atoms with Crippen LogP contribution in [0.15, 0.2) is 55.0 Å². The Morgan fingerprint density at radius 1 is 1.13 bits per heavy atom. The van der Waals surface area contributed by atoms with Gasteiger partial charge in [-0.2, -0.15) is 0 Å². The summed E-state index contributed by atoms with van der Waals surface area (Å²) in [7, 11) is 0. The van der Waals surface area contributed by atoms with Gasteiger partial charge in [-0.05, 0) is 30.7 Å². The second-order valence-corrected chi connectivity index (χ2v) is 9.37. The number of aromatic hydroxyl groups is 1. The molecule has 0 unspecified atom stereocenters. The molecule has 5 rings (SSSR count). The minimum absolute atomic E-state index is 0.0453. The quantitative estimate of drug-likeness (QED) is 0.211. The van der Waals surface area contributed by atoms with Crippen LogP contribution in [0.3, 0.4) is 0 Å². The largest absolute Gasteiger partial charge is 0.508 e. The van der Waals surface area contributed by atoms with Crippen molar-refractivity contribution in [3.8, 4) is 5.75 Å². The SMILES string of the molecule is C=C[C@H]1[C@H](O[C@@H]2O[C@H](CO)[C@@H](O)[C@H](O)[C@H]2O)OC=C(C(=O)O)[C@H]1Cc1nccc2c1[nH]c1ccc(O)cc12. The number of ether oxygens (including phenoxy) is 3. The third-order valence-corrected chi connectivity index (χ3v) is 7.14. The number of pyridine rings is 1. The Bertz CT molecular complexity index is 1390. The smallest absolute Gasteiger partial charge is 0.335 e. The molecule has 3 aromatic rings. The topological polar surface area (TPSA) is 195 Å². The Balaban J connectivity index is 1.47. The molecule has 12 nitrogen and oxygen atoms in total. The number of H-pyrrole nitrogens is 1. The summed E-state index contributed by atoms with van der Waals surface area (Å²) in [5.74, 6) is -2.59. The number of hydrogen-bond acceptors (Lipinski definition) is 10. The summed E-state index contributed by atoms with van der Waals surface area (Å²) in [4.78, 5) is 19.9. The molecule has 0 bridgehead atoms. The lowest BCUT2D eigenvalue weighted by atomic mass is 9.80. The predicted molar refractivity (Wildman–Crippen MR) is 132 cm³/mol. The second kappa shape index (κ2) is 10.3. The summed E-state index contributed by atoms with van der Waals surface area (Å²) in [5.41, 5.74) is 1.97.